The lowest BCUT2D eigenvalue weighted by Gasteiger charge is -2.22. The number of hydrogen-bond acceptors (Lipinski definition) is 4. The van der Waals surface area contributed by atoms with E-state index in [1.165, 1.54) is 17.7 Å². The fourth-order valence-corrected chi connectivity index (χ4v) is 1.51. The summed E-state index contributed by atoms with van der Waals surface area (Å²) in [5, 5.41) is 8.74. The van der Waals surface area contributed by atoms with Crippen LogP contribution >= 0.6 is 0 Å². The SMILES string of the molecule is COC(=O)C(C)(C)Cn1cccc(C#N)c1=O. The fourth-order valence-electron chi connectivity index (χ4n) is 1.51. The third-order valence-electron chi connectivity index (χ3n) is 2.44. The van der Waals surface area contributed by atoms with Gasteiger partial charge in [0.05, 0.1) is 12.5 Å². The Balaban J connectivity index is 3.09. The topological polar surface area (TPSA) is 72.1 Å². The summed E-state index contributed by atoms with van der Waals surface area (Å²) in [5.41, 5.74) is -1.15. The predicted octanol–water partition coefficient (Wildman–Crippen LogP) is 0.919. The van der Waals surface area contributed by atoms with Gasteiger partial charge in [-0.15, -0.1) is 0 Å². The molecule has 17 heavy (non-hydrogen) atoms. The Bertz CT molecular complexity index is 523. The van der Waals surface area contributed by atoms with Gasteiger partial charge in [-0.3, -0.25) is 9.59 Å². The van der Waals surface area contributed by atoms with Crippen LogP contribution in [0.4, 0.5) is 0 Å². The number of aromatic nitrogens is 1. The minimum Gasteiger partial charge on any atom is -0.469 e. The van der Waals surface area contributed by atoms with Gasteiger partial charge in [0.15, 0.2) is 0 Å². The quantitative estimate of drug-likeness (QED) is 0.729. The van der Waals surface area contributed by atoms with E-state index in [0.29, 0.717) is 0 Å². The van der Waals surface area contributed by atoms with Crippen LogP contribution in [0.5, 0.6) is 0 Å². The molecule has 5 nitrogen and oxygen atoms in total. The Morgan fingerprint density at radius 3 is 2.76 bits per heavy atom. The molecule has 0 spiro atoms. The van der Waals surface area contributed by atoms with Crippen molar-refractivity contribution in [1.82, 2.24) is 4.57 Å². The molecule has 1 aromatic heterocycles. The first-order valence-corrected chi connectivity index (χ1v) is 5.10. The van der Waals surface area contributed by atoms with Crippen LogP contribution in [0.2, 0.25) is 0 Å². The minimum atomic E-state index is -0.813. The molecule has 0 amide bonds. The van der Waals surface area contributed by atoms with E-state index in [-0.39, 0.29) is 12.1 Å². The summed E-state index contributed by atoms with van der Waals surface area (Å²) in [6.45, 7) is 3.54. The Labute approximate surface area is 99.2 Å². The predicted molar refractivity (Wildman–Crippen MR) is 61.2 cm³/mol. The van der Waals surface area contributed by atoms with E-state index in [4.69, 9.17) is 5.26 Å². The van der Waals surface area contributed by atoms with Gasteiger partial charge in [0.25, 0.3) is 5.56 Å². The molecule has 1 aromatic rings. The van der Waals surface area contributed by atoms with Crippen LogP contribution in [-0.2, 0) is 16.1 Å². The fraction of sp³-hybridized carbons (Fsp3) is 0.417. The first kappa shape index (κ1) is 13.0. The number of carbonyl (C=O) groups is 1. The second kappa shape index (κ2) is 4.83. The van der Waals surface area contributed by atoms with Gasteiger partial charge < -0.3 is 9.30 Å². The van der Waals surface area contributed by atoms with Gasteiger partial charge in [-0.2, -0.15) is 5.26 Å². The summed E-state index contributed by atoms with van der Waals surface area (Å²) < 4.78 is 6.01. The molecule has 0 aliphatic heterocycles. The molecule has 0 fully saturated rings. The van der Waals surface area contributed by atoms with E-state index in [2.05, 4.69) is 4.74 Å². The Kier molecular flexibility index (Phi) is 3.69. The second-order valence-corrected chi connectivity index (χ2v) is 4.34. The number of ether oxygens (including phenoxy) is 1. The minimum absolute atomic E-state index is 0.0631. The van der Waals surface area contributed by atoms with Gasteiger partial charge >= 0.3 is 5.97 Å². The van der Waals surface area contributed by atoms with E-state index >= 15 is 0 Å². The largest absolute Gasteiger partial charge is 0.469 e. The number of rotatable bonds is 3. The van der Waals surface area contributed by atoms with Crippen LogP contribution in [0.15, 0.2) is 23.1 Å². The van der Waals surface area contributed by atoms with E-state index < -0.39 is 16.9 Å². The van der Waals surface area contributed by atoms with Gasteiger partial charge in [-0.05, 0) is 26.0 Å². The van der Waals surface area contributed by atoms with E-state index in [1.807, 2.05) is 6.07 Å². The van der Waals surface area contributed by atoms with E-state index in [1.54, 1.807) is 26.1 Å². The zero-order chi connectivity index (χ0) is 13.1. The number of nitriles is 1. The van der Waals surface area contributed by atoms with Crippen LogP contribution in [0.3, 0.4) is 0 Å². The molecule has 0 saturated carbocycles. The van der Waals surface area contributed by atoms with Gasteiger partial charge in [-0.25, -0.2) is 0 Å². The summed E-state index contributed by atoms with van der Waals surface area (Å²) in [4.78, 5) is 23.3. The smallest absolute Gasteiger partial charge is 0.313 e. The van der Waals surface area contributed by atoms with Gasteiger partial charge in [0.1, 0.15) is 11.6 Å². The highest BCUT2D eigenvalue weighted by Crippen LogP contribution is 2.18. The second-order valence-electron chi connectivity index (χ2n) is 4.34. The standard InChI is InChI=1S/C12H14N2O3/c1-12(2,11(16)17-3)8-14-6-4-5-9(7-13)10(14)15/h4-6H,8H2,1-3H3. The maximum Gasteiger partial charge on any atom is 0.313 e. The molecule has 0 atom stereocenters. The zero-order valence-electron chi connectivity index (χ0n) is 10.1. The normalized spacial score (nSPS) is 10.7. The molecule has 0 unspecified atom stereocenters. The molecule has 0 N–H and O–H groups in total. The van der Waals surface area contributed by atoms with Gasteiger partial charge in [0.2, 0.25) is 0 Å². The van der Waals surface area contributed by atoms with Crippen molar-refractivity contribution in [2.24, 2.45) is 5.41 Å². The molecular formula is C12H14N2O3. The first-order chi connectivity index (χ1) is 7.92. The average molecular weight is 234 g/mol. The van der Waals surface area contributed by atoms with Gasteiger partial charge in [0, 0.05) is 12.7 Å². The highest BCUT2D eigenvalue weighted by Gasteiger charge is 2.29. The van der Waals surface area contributed by atoms with Crippen molar-refractivity contribution in [1.29, 1.82) is 5.26 Å². The highest BCUT2D eigenvalue weighted by atomic mass is 16.5. The zero-order valence-corrected chi connectivity index (χ0v) is 10.1. The van der Waals surface area contributed by atoms with Crippen LogP contribution in [0.1, 0.15) is 19.4 Å². The van der Waals surface area contributed by atoms with E-state index in [9.17, 15) is 9.59 Å². The van der Waals surface area contributed by atoms with Crippen molar-refractivity contribution < 1.29 is 9.53 Å². The van der Waals surface area contributed by atoms with Crippen LogP contribution in [-0.4, -0.2) is 17.6 Å². The summed E-state index contributed by atoms with van der Waals surface area (Å²) in [7, 11) is 1.30. The number of hydrogen-bond donors (Lipinski definition) is 0. The van der Waals surface area contributed by atoms with Crippen LogP contribution in [0.25, 0.3) is 0 Å². The molecular weight excluding hydrogens is 220 g/mol. The monoisotopic (exact) mass is 234 g/mol. The van der Waals surface area contributed by atoms with Crippen LogP contribution in [0, 0.1) is 16.7 Å². The summed E-state index contributed by atoms with van der Waals surface area (Å²) >= 11 is 0. The molecule has 90 valence electrons. The lowest BCUT2D eigenvalue weighted by Crippen LogP contribution is -2.35. The average Bonchev–Trinajstić information content (AvgIpc) is 2.30. The number of carbonyl (C=O) groups excluding carboxylic acids is 1. The summed E-state index contributed by atoms with van der Waals surface area (Å²) in [6, 6.07) is 4.87. The third-order valence-corrected chi connectivity index (χ3v) is 2.44. The molecule has 0 aromatic carbocycles. The number of pyridine rings is 1. The molecule has 0 aliphatic carbocycles. The molecule has 1 rings (SSSR count). The molecule has 0 radical (unpaired) electrons. The summed E-state index contributed by atoms with van der Waals surface area (Å²) in [5.74, 6) is -0.397. The first-order valence-electron chi connectivity index (χ1n) is 5.10. The van der Waals surface area contributed by atoms with Crippen molar-refractivity contribution in [3.8, 4) is 6.07 Å². The van der Waals surface area contributed by atoms with Crippen molar-refractivity contribution in [3.05, 3.63) is 34.2 Å². The Hall–Kier alpha value is -2.09. The molecule has 1 heterocycles. The molecule has 0 bridgehead atoms. The lowest BCUT2D eigenvalue weighted by atomic mass is 9.93. The Morgan fingerprint density at radius 2 is 2.24 bits per heavy atom. The van der Waals surface area contributed by atoms with Crippen molar-refractivity contribution in [3.63, 3.8) is 0 Å². The lowest BCUT2D eigenvalue weighted by molar-refractivity contribution is -0.151. The van der Waals surface area contributed by atoms with E-state index in [0.717, 1.165) is 0 Å². The maximum absolute atomic E-state index is 11.8. The van der Waals surface area contributed by atoms with Crippen molar-refractivity contribution in [2.75, 3.05) is 7.11 Å². The van der Waals surface area contributed by atoms with Crippen molar-refractivity contribution in [2.45, 2.75) is 20.4 Å². The van der Waals surface area contributed by atoms with Crippen LogP contribution < -0.4 is 5.56 Å². The maximum atomic E-state index is 11.8. The number of esters is 1. The molecule has 0 saturated heterocycles. The number of methoxy groups -OCH3 is 1. The molecule has 5 heteroatoms. The molecule has 0 aliphatic rings. The highest BCUT2D eigenvalue weighted by molar-refractivity contribution is 5.75. The van der Waals surface area contributed by atoms with Crippen molar-refractivity contribution >= 4 is 5.97 Å². The Morgan fingerprint density at radius 1 is 1.59 bits per heavy atom. The summed E-state index contributed by atoms with van der Waals surface area (Å²) in [6.07, 6.45) is 1.55. The third kappa shape index (κ3) is 2.72. The van der Waals surface area contributed by atoms with Gasteiger partial charge in [-0.1, -0.05) is 0 Å². The number of nitrogens with zero attached hydrogens (tertiary/aromatic N) is 2.